The maximum atomic E-state index is 13.5. The molecule has 0 aromatic heterocycles. The van der Waals surface area contributed by atoms with Crippen LogP contribution in [0.2, 0.25) is 0 Å². The predicted octanol–water partition coefficient (Wildman–Crippen LogP) is 3.75. The van der Waals surface area contributed by atoms with Gasteiger partial charge in [0.05, 0.1) is 0 Å². The summed E-state index contributed by atoms with van der Waals surface area (Å²) in [4.78, 5) is 2.39. The molecule has 2 nitrogen and oxygen atoms in total. The molecule has 21 heavy (non-hydrogen) atoms. The lowest BCUT2D eigenvalue weighted by molar-refractivity contribution is 0.280. The summed E-state index contributed by atoms with van der Waals surface area (Å²) in [5.41, 5.74) is 2.68. The molecule has 0 spiro atoms. The number of nitrogens with zero attached hydrogens (tertiary/aromatic N) is 1. The van der Waals surface area contributed by atoms with Gasteiger partial charge < -0.3 is 10.2 Å². The van der Waals surface area contributed by atoms with Crippen LogP contribution in [0.3, 0.4) is 0 Å². The Kier molecular flexibility index (Phi) is 4.21. The zero-order chi connectivity index (χ0) is 14.9. The Labute approximate surface area is 127 Å². The summed E-state index contributed by atoms with van der Waals surface area (Å²) in [6.45, 7) is 7.77. The fourth-order valence-electron chi connectivity index (χ4n) is 3.55. The van der Waals surface area contributed by atoms with Crippen LogP contribution in [-0.4, -0.2) is 25.7 Å². The van der Waals surface area contributed by atoms with Crippen molar-refractivity contribution in [1.29, 1.82) is 0 Å². The summed E-state index contributed by atoms with van der Waals surface area (Å²) >= 11 is 0. The molecule has 1 aliphatic heterocycles. The zero-order valence-electron chi connectivity index (χ0n) is 13.3. The second kappa shape index (κ2) is 5.96. The van der Waals surface area contributed by atoms with Crippen LogP contribution in [0.5, 0.6) is 0 Å². The third-order valence-corrected chi connectivity index (χ3v) is 4.86. The highest BCUT2D eigenvalue weighted by atomic mass is 19.1. The maximum absolute atomic E-state index is 13.5. The van der Waals surface area contributed by atoms with Crippen molar-refractivity contribution in [3.8, 4) is 0 Å². The minimum atomic E-state index is -0.117. The second-order valence-electron chi connectivity index (χ2n) is 7.16. The topological polar surface area (TPSA) is 15.3 Å². The lowest BCUT2D eigenvalue weighted by Gasteiger charge is -2.35. The Morgan fingerprint density at radius 2 is 2.19 bits per heavy atom. The van der Waals surface area contributed by atoms with E-state index in [2.05, 4.69) is 24.1 Å². The molecule has 0 saturated heterocycles. The Morgan fingerprint density at radius 1 is 1.38 bits per heavy atom. The number of hydrogen-bond donors (Lipinski definition) is 1. The quantitative estimate of drug-likeness (QED) is 0.823. The molecule has 1 heterocycles. The van der Waals surface area contributed by atoms with Gasteiger partial charge in [0.2, 0.25) is 0 Å². The van der Waals surface area contributed by atoms with Crippen LogP contribution in [0.1, 0.15) is 45.1 Å². The normalized spacial score (nSPS) is 20.4. The molecule has 1 saturated carbocycles. The molecule has 3 rings (SSSR count). The Hall–Kier alpha value is -1.09. The molecule has 0 radical (unpaired) electrons. The molecule has 2 aliphatic rings. The second-order valence-corrected chi connectivity index (χ2v) is 7.16. The lowest BCUT2D eigenvalue weighted by Crippen LogP contribution is -2.42. The van der Waals surface area contributed by atoms with Crippen molar-refractivity contribution in [3.05, 3.63) is 29.6 Å². The molecule has 116 valence electrons. The van der Waals surface area contributed by atoms with Gasteiger partial charge in [-0.3, -0.25) is 0 Å². The molecule has 3 heteroatoms. The van der Waals surface area contributed by atoms with Gasteiger partial charge in [0.15, 0.2) is 0 Å². The Balaban J connectivity index is 1.69. The molecule has 1 aliphatic carbocycles. The highest BCUT2D eigenvalue weighted by Gasteiger charge is 2.32. The van der Waals surface area contributed by atoms with Crippen LogP contribution in [0.15, 0.2) is 18.2 Å². The summed E-state index contributed by atoms with van der Waals surface area (Å²) in [5.74, 6) is -0.117. The van der Waals surface area contributed by atoms with E-state index in [1.54, 1.807) is 12.1 Å². The molecule has 0 bridgehead atoms. The summed E-state index contributed by atoms with van der Waals surface area (Å²) < 4.78 is 13.5. The SMILES string of the molecule is CCCC(C)(CNC1CC1)CN1CCc2ccc(F)cc21. The number of benzene rings is 1. The van der Waals surface area contributed by atoms with Crippen molar-refractivity contribution >= 4 is 5.69 Å². The van der Waals surface area contributed by atoms with Crippen molar-refractivity contribution in [2.24, 2.45) is 5.41 Å². The van der Waals surface area contributed by atoms with E-state index in [-0.39, 0.29) is 11.2 Å². The van der Waals surface area contributed by atoms with Crippen molar-refractivity contribution < 1.29 is 4.39 Å². The Bertz CT molecular complexity index is 498. The first-order chi connectivity index (χ1) is 10.1. The van der Waals surface area contributed by atoms with Gasteiger partial charge in [0, 0.05) is 31.4 Å². The van der Waals surface area contributed by atoms with Gasteiger partial charge in [0.25, 0.3) is 0 Å². The van der Waals surface area contributed by atoms with Crippen molar-refractivity contribution in [1.82, 2.24) is 5.32 Å². The first kappa shape index (κ1) is 14.8. The molecule has 1 atom stereocenters. The van der Waals surface area contributed by atoms with Crippen LogP contribution in [0.25, 0.3) is 0 Å². The molecule has 1 N–H and O–H groups in total. The van der Waals surface area contributed by atoms with Crippen molar-refractivity contribution in [2.75, 3.05) is 24.5 Å². The summed E-state index contributed by atoms with van der Waals surface area (Å²) in [7, 11) is 0. The smallest absolute Gasteiger partial charge is 0.125 e. The number of hydrogen-bond acceptors (Lipinski definition) is 2. The minimum absolute atomic E-state index is 0.117. The van der Waals surface area contributed by atoms with Gasteiger partial charge in [-0.1, -0.05) is 26.3 Å². The van der Waals surface area contributed by atoms with Crippen molar-refractivity contribution in [3.63, 3.8) is 0 Å². The monoisotopic (exact) mass is 290 g/mol. The van der Waals surface area contributed by atoms with Crippen molar-refractivity contribution in [2.45, 2.75) is 52.0 Å². The minimum Gasteiger partial charge on any atom is -0.370 e. The largest absolute Gasteiger partial charge is 0.370 e. The summed E-state index contributed by atoms with van der Waals surface area (Å²) in [6, 6.07) is 6.00. The fraction of sp³-hybridized carbons (Fsp3) is 0.667. The third kappa shape index (κ3) is 3.57. The lowest BCUT2D eigenvalue weighted by atomic mass is 9.84. The highest BCUT2D eigenvalue weighted by molar-refractivity contribution is 5.58. The average Bonchev–Trinajstić information content (AvgIpc) is 3.21. The third-order valence-electron chi connectivity index (χ3n) is 4.86. The standard InChI is InChI=1S/C18H27FN2/c1-3-9-18(2,12-20-16-6-7-16)13-21-10-8-14-4-5-15(19)11-17(14)21/h4-5,11,16,20H,3,6-10,12-13H2,1-2H3. The molecular weight excluding hydrogens is 263 g/mol. The van der Waals surface area contributed by atoms with E-state index < -0.39 is 0 Å². The van der Waals surface area contributed by atoms with E-state index in [1.165, 1.54) is 31.2 Å². The first-order valence-corrected chi connectivity index (χ1v) is 8.36. The predicted molar refractivity (Wildman–Crippen MR) is 86.4 cm³/mol. The van der Waals surface area contributed by atoms with Gasteiger partial charge in [0.1, 0.15) is 5.82 Å². The van der Waals surface area contributed by atoms with Crippen LogP contribution in [0.4, 0.5) is 10.1 Å². The van der Waals surface area contributed by atoms with E-state index in [0.717, 1.165) is 37.8 Å². The molecule has 1 unspecified atom stereocenters. The number of nitrogens with one attached hydrogen (secondary N) is 1. The maximum Gasteiger partial charge on any atom is 0.125 e. The number of rotatable bonds is 7. The summed E-state index contributed by atoms with van der Waals surface area (Å²) in [6.07, 6.45) is 6.13. The van der Waals surface area contributed by atoms with Gasteiger partial charge in [-0.25, -0.2) is 4.39 Å². The first-order valence-electron chi connectivity index (χ1n) is 8.36. The number of fused-ring (bicyclic) bond motifs is 1. The van der Waals surface area contributed by atoms with Gasteiger partial charge in [-0.05, 0) is 48.8 Å². The number of anilines is 1. The van der Waals surface area contributed by atoms with Crippen LogP contribution >= 0.6 is 0 Å². The van der Waals surface area contributed by atoms with Gasteiger partial charge in [-0.15, -0.1) is 0 Å². The van der Waals surface area contributed by atoms with E-state index in [9.17, 15) is 4.39 Å². The fourth-order valence-corrected chi connectivity index (χ4v) is 3.55. The van der Waals surface area contributed by atoms with E-state index in [1.807, 2.05) is 6.07 Å². The molecule has 1 fully saturated rings. The molecule has 1 aromatic rings. The van der Waals surface area contributed by atoms with Crippen LogP contribution in [-0.2, 0) is 6.42 Å². The summed E-state index contributed by atoms with van der Waals surface area (Å²) in [5, 5.41) is 3.69. The molecule has 0 amide bonds. The Morgan fingerprint density at radius 3 is 2.90 bits per heavy atom. The molecule has 1 aromatic carbocycles. The van der Waals surface area contributed by atoms with Crippen LogP contribution < -0.4 is 10.2 Å². The highest BCUT2D eigenvalue weighted by Crippen LogP contribution is 2.34. The molecular formula is C18H27FN2. The average molecular weight is 290 g/mol. The van der Waals surface area contributed by atoms with E-state index in [0.29, 0.717) is 0 Å². The van der Waals surface area contributed by atoms with Crippen LogP contribution in [0, 0.1) is 11.2 Å². The van der Waals surface area contributed by atoms with Gasteiger partial charge >= 0.3 is 0 Å². The van der Waals surface area contributed by atoms with E-state index in [4.69, 9.17) is 0 Å². The zero-order valence-corrected chi connectivity index (χ0v) is 13.3. The van der Waals surface area contributed by atoms with Gasteiger partial charge in [-0.2, -0.15) is 0 Å². The van der Waals surface area contributed by atoms with E-state index >= 15 is 0 Å². The number of halogens is 1.